The lowest BCUT2D eigenvalue weighted by Gasteiger charge is -2.38. The summed E-state index contributed by atoms with van der Waals surface area (Å²) in [6, 6.07) is 16.6. The third kappa shape index (κ3) is 4.71. The summed E-state index contributed by atoms with van der Waals surface area (Å²) >= 11 is 0. The van der Waals surface area contributed by atoms with Crippen LogP contribution in [0.15, 0.2) is 60.7 Å². The summed E-state index contributed by atoms with van der Waals surface area (Å²) in [5.74, 6) is -0.435. The number of hydrogen-bond acceptors (Lipinski definition) is 6. The molecular formula is C20H23NO6. The topological polar surface area (TPSA) is 108 Å². The number of hydrogen-bond donors (Lipinski definition) is 4. The second-order valence-electron chi connectivity index (χ2n) is 6.36. The average molecular weight is 373 g/mol. The van der Waals surface area contributed by atoms with Crippen LogP contribution in [0.4, 0.5) is 0 Å². The first-order valence-electron chi connectivity index (χ1n) is 8.75. The van der Waals surface area contributed by atoms with Crippen LogP contribution in [-0.2, 0) is 9.47 Å². The van der Waals surface area contributed by atoms with Crippen LogP contribution in [0, 0.1) is 0 Å². The highest BCUT2D eigenvalue weighted by Gasteiger charge is 2.40. The van der Waals surface area contributed by atoms with E-state index in [1.165, 1.54) is 0 Å². The monoisotopic (exact) mass is 373 g/mol. The number of ether oxygens (including phenoxy) is 2. The fourth-order valence-corrected chi connectivity index (χ4v) is 2.96. The molecule has 7 nitrogen and oxygen atoms in total. The predicted octanol–water partition coefficient (Wildman–Crippen LogP) is 0.613. The van der Waals surface area contributed by atoms with Gasteiger partial charge in [0.1, 0.15) is 18.3 Å². The van der Waals surface area contributed by atoms with Crippen molar-refractivity contribution in [3.05, 3.63) is 71.8 Å². The van der Waals surface area contributed by atoms with Gasteiger partial charge in [-0.15, -0.1) is 0 Å². The van der Waals surface area contributed by atoms with Crippen LogP contribution in [0.3, 0.4) is 0 Å². The predicted molar refractivity (Wildman–Crippen MR) is 96.8 cm³/mol. The Morgan fingerprint density at radius 2 is 1.74 bits per heavy atom. The zero-order chi connectivity index (χ0) is 19.2. The largest absolute Gasteiger partial charge is 0.394 e. The molecule has 0 spiro atoms. The third-order valence-corrected chi connectivity index (χ3v) is 4.45. The van der Waals surface area contributed by atoms with Gasteiger partial charge in [0.2, 0.25) is 0 Å². The summed E-state index contributed by atoms with van der Waals surface area (Å²) in [5, 5.41) is 33.1. The van der Waals surface area contributed by atoms with E-state index in [-0.39, 0.29) is 6.61 Å². The summed E-state index contributed by atoms with van der Waals surface area (Å²) < 4.78 is 11.2. The van der Waals surface area contributed by atoms with Crippen molar-refractivity contribution in [3.63, 3.8) is 0 Å². The lowest BCUT2D eigenvalue weighted by Crippen LogP contribution is -2.57. The number of carbonyl (C=O) groups is 1. The van der Waals surface area contributed by atoms with E-state index < -0.39 is 43.2 Å². The molecule has 4 N–H and O–H groups in total. The van der Waals surface area contributed by atoms with Gasteiger partial charge in [0.25, 0.3) is 5.91 Å². The maximum atomic E-state index is 12.3. The van der Waals surface area contributed by atoms with Gasteiger partial charge in [-0.25, -0.2) is 0 Å². The van der Waals surface area contributed by atoms with Crippen molar-refractivity contribution in [2.45, 2.75) is 30.6 Å². The first-order chi connectivity index (χ1) is 13.1. The molecule has 2 aromatic carbocycles. The average Bonchev–Trinajstić information content (AvgIpc) is 2.73. The fourth-order valence-electron chi connectivity index (χ4n) is 2.96. The molecule has 0 saturated carbocycles. The number of nitrogens with one attached hydrogen (secondary N) is 1. The number of benzene rings is 2. The van der Waals surface area contributed by atoms with Crippen LogP contribution >= 0.6 is 0 Å². The van der Waals surface area contributed by atoms with Gasteiger partial charge in [0, 0.05) is 11.1 Å². The molecule has 0 unspecified atom stereocenters. The van der Waals surface area contributed by atoms with E-state index in [4.69, 9.17) is 9.47 Å². The van der Waals surface area contributed by atoms with Gasteiger partial charge in [0.05, 0.1) is 19.3 Å². The van der Waals surface area contributed by atoms with Crippen molar-refractivity contribution in [3.8, 4) is 0 Å². The molecule has 3 rings (SSSR count). The van der Waals surface area contributed by atoms with Gasteiger partial charge in [-0.05, 0) is 12.1 Å². The van der Waals surface area contributed by atoms with Crippen molar-refractivity contribution in [1.82, 2.24) is 5.32 Å². The molecule has 1 aliphatic heterocycles. The Morgan fingerprint density at radius 3 is 2.37 bits per heavy atom. The molecule has 0 bridgehead atoms. The highest BCUT2D eigenvalue weighted by atomic mass is 16.7. The first-order valence-corrected chi connectivity index (χ1v) is 8.75. The zero-order valence-electron chi connectivity index (χ0n) is 14.6. The van der Waals surface area contributed by atoms with E-state index in [9.17, 15) is 20.1 Å². The number of rotatable bonds is 6. The molecule has 5 atom stereocenters. The lowest BCUT2D eigenvalue weighted by molar-refractivity contribution is -0.278. The fraction of sp³-hybridized carbons (Fsp3) is 0.350. The van der Waals surface area contributed by atoms with Gasteiger partial charge in [-0.1, -0.05) is 48.5 Å². The smallest absolute Gasteiger partial charge is 0.251 e. The molecule has 1 aliphatic rings. The van der Waals surface area contributed by atoms with Crippen molar-refractivity contribution in [2.75, 3.05) is 13.2 Å². The minimum absolute atomic E-state index is 0.0356. The lowest BCUT2D eigenvalue weighted by atomic mass is 9.99. The van der Waals surface area contributed by atoms with Crippen LogP contribution in [0.25, 0.3) is 0 Å². The Labute approximate surface area is 157 Å². The summed E-state index contributed by atoms with van der Waals surface area (Å²) in [7, 11) is 0. The maximum absolute atomic E-state index is 12.3. The molecule has 2 aromatic rings. The first kappa shape index (κ1) is 19.5. The molecule has 0 aliphatic carbocycles. The molecule has 27 heavy (non-hydrogen) atoms. The number of carbonyl (C=O) groups excluding carboxylic acids is 1. The normalized spacial score (nSPS) is 24.8. The molecular weight excluding hydrogens is 350 g/mol. The van der Waals surface area contributed by atoms with Crippen LogP contribution in [0.1, 0.15) is 22.2 Å². The Hall–Kier alpha value is -2.29. The van der Waals surface area contributed by atoms with E-state index in [0.29, 0.717) is 5.56 Å². The highest BCUT2D eigenvalue weighted by Crippen LogP contribution is 2.28. The van der Waals surface area contributed by atoms with Crippen molar-refractivity contribution in [1.29, 1.82) is 0 Å². The molecule has 0 radical (unpaired) electrons. The maximum Gasteiger partial charge on any atom is 0.251 e. The molecule has 144 valence electrons. The van der Waals surface area contributed by atoms with Gasteiger partial charge in [0.15, 0.2) is 6.29 Å². The van der Waals surface area contributed by atoms with Crippen LogP contribution < -0.4 is 5.32 Å². The van der Waals surface area contributed by atoms with E-state index >= 15 is 0 Å². The second kappa shape index (κ2) is 9.07. The summed E-state index contributed by atoms with van der Waals surface area (Å²) in [4.78, 5) is 12.3. The zero-order valence-corrected chi connectivity index (χ0v) is 14.6. The van der Waals surface area contributed by atoms with Gasteiger partial charge in [-0.3, -0.25) is 4.79 Å². The minimum atomic E-state index is -1.33. The quantitative estimate of drug-likeness (QED) is 0.591. The number of amides is 1. The summed E-state index contributed by atoms with van der Waals surface area (Å²) in [6.07, 6.45) is -4.20. The number of aliphatic hydroxyl groups excluding tert-OH is 3. The third-order valence-electron chi connectivity index (χ3n) is 4.45. The van der Waals surface area contributed by atoms with Crippen molar-refractivity contribution >= 4 is 5.91 Å². The van der Waals surface area contributed by atoms with E-state index in [0.717, 1.165) is 5.56 Å². The van der Waals surface area contributed by atoms with E-state index in [2.05, 4.69) is 5.32 Å². The Morgan fingerprint density at radius 1 is 1.11 bits per heavy atom. The summed E-state index contributed by atoms with van der Waals surface area (Å²) in [6.45, 7) is -0.546. The molecule has 1 saturated heterocycles. The van der Waals surface area contributed by atoms with Crippen LogP contribution in [0.5, 0.6) is 0 Å². The Kier molecular flexibility index (Phi) is 6.54. The highest BCUT2D eigenvalue weighted by molar-refractivity contribution is 5.94. The van der Waals surface area contributed by atoms with Crippen molar-refractivity contribution < 1.29 is 29.6 Å². The SMILES string of the molecule is O=C(N[C@@H](CO)[C@@H](O)[C@@H]1O[C@H](c2ccccc2)OC[C@H]1O)c1ccccc1. The Balaban J connectivity index is 1.69. The van der Waals surface area contributed by atoms with Crippen LogP contribution in [0.2, 0.25) is 0 Å². The van der Waals surface area contributed by atoms with Gasteiger partial charge < -0.3 is 30.1 Å². The van der Waals surface area contributed by atoms with Crippen molar-refractivity contribution in [2.24, 2.45) is 0 Å². The van der Waals surface area contributed by atoms with E-state index in [1.54, 1.807) is 30.3 Å². The standard InChI is InChI=1S/C20H23NO6/c22-11-15(21-19(25)13-7-3-1-4-8-13)17(24)18-16(23)12-26-20(27-18)14-9-5-2-6-10-14/h1-10,15-18,20,22-24H,11-12H2,(H,21,25)/t15-,16+,17+,18+,20+/m0/s1. The van der Waals surface area contributed by atoms with Gasteiger partial charge in [-0.2, -0.15) is 0 Å². The van der Waals surface area contributed by atoms with Gasteiger partial charge >= 0.3 is 0 Å². The molecule has 1 fully saturated rings. The second-order valence-corrected chi connectivity index (χ2v) is 6.36. The Bertz CT molecular complexity index is 726. The number of aliphatic hydroxyl groups is 3. The summed E-state index contributed by atoms with van der Waals surface area (Å²) in [5.41, 5.74) is 1.15. The molecule has 7 heteroatoms. The molecule has 1 heterocycles. The minimum Gasteiger partial charge on any atom is -0.394 e. The molecule has 1 amide bonds. The van der Waals surface area contributed by atoms with Crippen LogP contribution in [-0.4, -0.2) is 58.8 Å². The molecule has 0 aromatic heterocycles. The van der Waals surface area contributed by atoms with E-state index in [1.807, 2.05) is 30.3 Å².